The Bertz CT molecular complexity index is 1580. The number of hydrogen-bond acceptors (Lipinski definition) is 5. The second-order valence-corrected chi connectivity index (χ2v) is 10.2. The first-order chi connectivity index (χ1) is 17.9. The van der Waals surface area contributed by atoms with Gasteiger partial charge in [-0.15, -0.1) is 5.10 Å². The van der Waals surface area contributed by atoms with Gasteiger partial charge in [0.2, 0.25) is 0 Å². The maximum atomic E-state index is 12.4. The van der Waals surface area contributed by atoms with E-state index < -0.39 is 5.60 Å². The number of rotatable bonds is 4. The summed E-state index contributed by atoms with van der Waals surface area (Å²) in [5.41, 5.74) is 6.39. The van der Waals surface area contributed by atoms with Gasteiger partial charge in [-0.2, -0.15) is 5.10 Å². The lowest BCUT2D eigenvalue weighted by Crippen LogP contribution is -2.34. The van der Waals surface area contributed by atoms with Crippen molar-refractivity contribution in [3.63, 3.8) is 0 Å². The molecular formula is C29H28N6O2. The second kappa shape index (κ2) is 8.89. The fourth-order valence-corrected chi connectivity index (χ4v) is 4.87. The van der Waals surface area contributed by atoms with E-state index in [9.17, 15) is 4.79 Å². The number of hydrogen-bond donors (Lipinski definition) is 1. The number of alkyl carbamates (subject to hydrolysis) is 1. The Hall–Kier alpha value is -4.46. The van der Waals surface area contributed by atoms with Crippen LogP contribution in [0.1, 0.15) is 44.4 Å². The van der Waals surface area contributed by atoms with Gasteiger partial charge in [0.05, 0.1) is 11.7 Å². The number of ether oxygens (including phenoxy) is 1. The van der Waals surface area contributed by atoms with Crippen molar-refractivity contribution in [2.75, 3.05) is 0 Å². The molecule has 1 atom stereocenters. The molecular weight excluding hydrogens is 464 g/mol. The Labute approximate surface area is 214 Å². The molecule has 3 aromatic heterocycles. The van der Waals surface area contributed by atoms with Gasteiger partial charge in [-0.3, -0.25) is 0 Å². The molecule has 0 aliphatic heterocycles. The van der Waals surface area contributed by atoms with Crippen molar-refractivity contribution in [2.24, 2.45) is 0 Å². The zero-order chi connectivity index (χ0) is 25.6. The van der Waals surface area contributed by atoms with Crippen molar-refractivity contribution < 1.29 is 9.53 Å². The van der Waals surface area contributed by atoms with Crippen molar-refractivity contribution >= 4 is 11.7 Å². The summed E-state index contributed by atoms with van der Waals surface area (Å²) in [6, 6.07) is 22.3. The summed E-state index contributed by atoms with van der Waals surface area (Å²) in [5.74, 6) is 0.712. The lowest BCUT2D eigenvalue weighted by atomic mass is 10.00. The van der Waals surface area contributed by atoms with Crippen LogP contribution < -0.4 is 5.32 Å². The molecule has 1 aliphatic carbocycles. The number of benzene rings is 2. The summed E-state index contributed by atoms with van der Waals surface area (Å²) in [6.45, 7) is 5.61. The summed E-state index contributed by atoms with van der Waals surface area (Å²) in [7, 11) is 0. The van der Waals surface area contributed by atoms with Gasteiger partial charge in [0.15, 0.2) is 11.5 Å². The molecule has 0 fully saturated rings. The maximum Gasteiger partial charge on any atom is 0.408 e. The lowest BCUT2D eigenvalue weighted by molar-refractivity contribution is 0.0503. The maximum absolute atomic E-state index is 12.4. The zero-order valence-electron chi connectivity index (χ0n) is 21.0. The van der Waals surface area contributed by atoms with Crippen molar-refractivity contribution in [3.05, 3.63) is 90.3 Å². The molecule has 0 unspecified atom stereocenters. The fraction of sp³-hybridized carbons (Fsp3) is 0.241. The molecule has 186 valence electrons. The Balaban J connectivity index is 1.41. The number of amides is 1. The molecule has 1 amide bonds. The van der Waals surface area contributed by atoms with Gasteiger partial charge in [0.25, 0.3) is 0 Å². The summed E-state index contributed by atoms with van der Waals surface area (Å²) in [5, 5.41) is 12.2. The number of imidazole rings is 1. The predicted octanol–water partition coefficient (Wildman–Crippen LogP) is 5.76. The minimum atomic E-state index is -0.530. The standard InChI is InChI=1S/C29H28N6O2/c1-29(2,3)37-28(36)31-23-13-11-20-18-21(10-12-22(20)23)26-27(19-8-5-4-6-9-19)35-24(32-26)14-15-25(33-35)34-17-7-16-30-34/h4-10,12,14-18,23H,11,13H2,1-3H3,(H,31,36)/t23-/m0/s1. The molecule has 0 saturated heterocycles. The highest BCUT2D eigenvalue weighted by Crippen LogP contribution is 2.37. The third kappa shape index (κ3) is 4.46. The Morgan fingerprint density at radius 1 is 1.03 bits per heavy atom. The molecule has 0 spiro atoms. The van der Waals surface area contributed by atoms with Crippen LogP contribution in [0.4, 0.5) is 4.79 Å². The average molecular weight is 493 g/mol. The fourth-order valence-electron chi connectivity index (χ4n) is 4.87. The van der Waals surface area contributed by atoms with Crippen molar-refractivity contribution in [2.45, 2.75) is 45.3 Å². The second-order valence-electron chi connectivity index (χ2n) is 10.2. The number of nitrogens with zero attached hydrogens (tertiary/aromatic N) is 5. The molecule has 8 nitrogen and oxygen atoms in total. The van der Waals surface area contributed by atoms with Gasteiger partial charge < -0.3 is 10.1 Å². The first-order valence-electron chi connectivity index (χ1n) is 12.4. The van der Waals surface area contributed by atoms with E-state index >= 15 is 0 Å². The number of nitrogens with one attached hydrogen (secondary N) is 1. The average Bonchev–Trinajstić information content (AvgIpc) is 3.62. The van der Waals surface area contributed by atoms with Crippen LogP contribution in [-0.2, 0) is 11.2 Å². The smallest absolute Gasteiger partial charge is 0.408 e. The summed E-state index contributed by atoms with van der Waals surface area (Å²) < 4.78 is 9.09. The molecule has 1 aliphatic rings. The number of fused-ring (bicyclic) bond motifs is 2. The molecule has 8 heteroatoms. The number of aryl methyl sites for hydroxylation is 1. The molecule has 1 N–H and O–H groups in total. The Morgan fingerprint density at radius 2 is 1.86 bits per heavy atom. The molecule has 0 radical (unpaired) electrons. The predicted molar refractivity (Wildman–Crippen MR) is 141 cm³/mol. The van der Waals surface area contributed by atoms with E-state index in [0.29, 0.717) is 5.82 Å². The van der Waals surface area contributed by atoms with E-state index in [4.69, 9.17) is 14.8 Å². The van der Waals surface area contributed by atoms with Gasteiger partial charge >= 0.3 is 6.09 Å². The number of aromatic nitrogens is 5. The highest BCUT2D eigenvalue weighted by Gasteiger charge is 2.27. The first-order valence-corrected chi connectivity index (χ1v) is 12.4. The molecule has 0 saturated carbocycles. The van der Waals surface area contributed by atoms with Gasteiger partial charge in [0.1, 0.15) is 11.3 Å². The van der Waals surface area contributed by atoms with Crippen molar-refractivity contribution in [1.29, 1.82) is 0 Å². The lowest BCUT2D eigenvalue weighted by Gasteiger charge is -2.22. The largest absolute Gasteiger partial charge is 0.444 e. The topological polar surface area (TPSA) is 86.3 Å². The van der Waals surface area contributed by atoms with Crippen LogP contribution in [0.3, 0.4) is 0 Å². The SMILES string of the molecule is CC(C)(C)OC(=O)N[C@H]1CCc2cc(-c3nc4ccc(-n5cccn5)nn4c3-c3ccccc3)ccc21. The molecule has 37 heavy (non-hydrogen) atoms. The Morgan fingerprint density at radius 3 is 2.62 bits per heavy atom. The summed E-state index contributed by atoms with van der Waals surface area (Å²) in [6.07, 6.45) is 4.93. The van der Waals surface area contributed by atoms with E-state index in [1.54, 1.807) is 10.9 Å². The van der Waals surface area contributed by atoms with Crippen molar-refractivity contribution in [3.8, 4) is 28.3 Å². The van der Waals surface area contributed by atoms with Crippen LogP contribution >= 0.6 is 0 Å². The van der Waals surface area contributed by atoms with E-state index in [-0.39, 0.29) is 12.1 Å². The third-order valence-corrected chi connectivity index (χ3v) is 6.43. The first kappa shape index (κ1) is 23.0. The third-order valence-electron chi connectivity index (χ3n) is 6.43. The highest BCUT2D eigenvalue weighted by atomic mass is 16.6. The minimum Gasteiger partial charge on any atom is -0.444 e. The van der Waals surface area contributed by atoms with Crippen LogP contribution in [-0.4, -0.2) is 36.1 Å². The monoisotopic (exact) mass is 492 g/mol. The molecule has 0 bridgehead atoms. The van der Waals surface area contributed by atoms with Crippen LogP contribution in [0.15, 0.2) is 79.1 Å². The van der Waals surface area contributed by atoms with Crippen LogP contribution in [0.2, 0.25) is 0 Å². The van der Waals surface area contributed by atoms with E-state index in [2.05, 4.69) is 40.7 Å². The van der Waals surface area contributed by atoms with E-state index in [0.717, 1.165) is 46.6 Å². The normalized spacial score (nSPS) is 15.1. The zero-order valence-corrected chi connectivity index (χ0v) is 21.0. The summed E-state index contributed by atoms with van der Waals surface area (Å²) in [4.78, 5) is 17.4. The van der Waals surface area contributed by atoms with Crippen LogP contribution in [0.25, 0.3) is 34.0 Å². The summed E-state index contributed by atoms with van der Waals surface area (Å²) >= 11 is 0. The number of carbonyl (C=O) groups is 1. The Kier molecular flexibility index (Phi) is 5.52. The van der Waals surface area contributed by atoms with Crippen LogP contribution in [0, 0.1) is 0 Å². The molecule has 5 aromatic rings. The van der Waals surface area contributed by atoms with Gasteiger partial charge in [-0.05, 0) is 69.0 Å². The van der Waals surface area contributed by atoms with Gasteiger partial charge in [0, 0.05) is 23.5 Å². The van der Waals surface area contributed by atoms with Crippen molar-refractivity contribution in [1.82, 2.24) is 29.7 Å². The highest BCUT2D eigenvalue weighted by molar-refractivity contribution is 5.82. The minimum absolute atomic E-state index is 0.0631. The van der Waals surface area contributed by atoms with E-state index in [1.165, 1.54) is 5.56 Å². The van der Waals surface area contributed by atoms with Crippen LogP contribution in [0.5, 0.6) is 0 Å². The molecule has 2 aromatic carbocycles. The quantitative estimate of drug-likeness (QED) is 0.345. The van der Waals surface area contributed by atoms with Gasteiger partial charge in [-0.25, -0.2) is 19.0 Å². The van der Waals surface area contributed by atoms with Gasteiger partial charge in [-0.1, -0.05) is 42.5 Å². The molecule has 6 rings (SSSR count). The number of carbonyl (C=O) groups excluding carboxylic acids is 1. The van der Waals surface area contributed by atoms with E-state index in [1.807, 2.05) is 67.9 Å². The molecule has 3 heterocycles.